The van der Waals surface area contributed by atoms with E-state index >= 15 is 0 Å². The second kappa shape index (κ2) is 8.82. The van der Waals surface area contributed by atoms with Crippen molar-refractivity contribution < 1.29 is 18.1 Å². The number of unbranched alkanes of at least 4 members (excludes halogenated alkanes) is 1. The number of alkyl halides is 1. The normalized spacial score (nSPS) is 15.5. The highest BCUT2D eigenvalue weighted by Gasteiger charge is 2.39. The fourth-order valence-corrected chi connectivity index (χ4v) is 3.61. The van der Waals surface area contributed by atoms with Crippen molar-refractivity contribution in [2.24, 2.45) is 0 Å². The molecule has 0 saturated heterocycles. The number of hydrogen-bond acceptors (Lipinski definition) is 3. The molecule has 1 N–H and O–H groups in total. The highest BCUT2D eigenvalue weighted by atomic mass is 79.9. The fraction of sp³-hybridized carbons (Fsp3) is 0.500. The molecule has 0 aliphatic heterocycles. The molecule has 0 aromatic heterocycles. The zero-order valence-electron chi connectivity index (χ0n) is 11.7. The van der Waals surface area contributed by atoms with E-state index in [0.29, 0.717) is 22.9 Å². The van der Waals surface area contributed by atoms with Gasteiger partial charge in [-0.2, -0.15) is 0 Å². The van der Waals surface area contributed by atoms with Crippen molar-refractivity contribution in [3.63, 3.8) is 0 Å². The first-order chi connectivity index (χ1) is 9.99. The number of carbonyl (C=O) groups excluding carboxylic acids is 1. The van der Waals surface area contributed by atoms with E-state index in [2.05, 4.69) is 20.7 Å². The number of benzene rings is 1. The summed E-state index contributed by atoms with van der Waals surface area (Å²) in [5.41, 5.74) is -1.61. The molecule has 2 atom stereocenters. The third-order valence-corrected chi connectivity index (χ3v) is 4.87. The van der Waals surface area contributed by atoms with Gasteiger partial charge in [-0.05, 0) is 24.6 Å². The van der Waals surface area contributed by atoms with Crippen LogP contribution in [0, 0.1) is 5.82 Å². The lowest BCUT2D eigenvalue weighted by Gasteiger charge is -2.31. The molecule has 0 bridgehead atoms. The summed E-state index contributed by atoms with van der Waals surface area (Å²) in [6.07, 6.45) is 1.75. The number of halogens is 3. The van der Waals surface area contributed by atoms with Gasteiger partial charge in [0.25, 0.3) is 0 Å². The third kappa shape index (κ3) is 5.02. The number of rotatable bonds is 9. The Hall–Kier alpha value is -0.500. The summed E-state index contributed by atoms with van der Waals surface area (Å²) >= 11 is 1.66. The highest BCUT2D eigenvalue weighted by Crippen LogP contribution is 2.31. The third-order valence-electron chi connectivity index (χ3n) is 3.10. The van der Waals surface area contributed by atoms with Crippen molar-refractivity contribution in [2.75, 3.05) is 12.4 Å². The van der Waals surface area contributed by atoms with Gasteiger partial charge in [0.15, 0.2) is 0 Å². The van der Waals surface area contributed by atoms with E-state index in [-0.39, 0.29) is 12.0 Å². The number of hydrogen-bond donors (Lipinski definition) is 1. The zero-order valence-corrected chi connectivity index (χ0v) is 14.1. The molecule has 0 aliphatic rings. The molecule has 1 rings (SSSR count). The van der Waals surface area contributed by atoms with Crippen LogP contribution in [0.15, 0.2) is 22.7 Å². The molecular weight excluding hydrogens is 364 g/mol. The molecule has 21 heavy (non-hydrogen) atoms. The van der Waals surface area contributed by atoms with Gasteiger partial charge in [-0.25, -0.2) is 8.78 Å². The maximum absolute atomic E-state index is 14.0. The van der Waals surface area contributed by atoms with Crippen LogP contribution in [0.1, 0.15) is 31.7 Å². The summed E-state index contributed by atoms with van der Waals surface area (Å²) in [6.45, 7) is 0.913. The van der Waals surface area contributed by atoms with E-state index in [1.165, 1.54) is 18.2 Å². The number of aldehydes is 1. The molecule has 0 amide bonds. The van der Waals surface area contributed by atoms with E-state index in [1.807, 2.05) is 6.92 Å². The molecule has 0 aliphatic carbocycles. The second-order valence-electron chi connectivity index (χ2n) is 4.72. The second-order valence-corrected chi connectivity index (χ2v) is 6.94. The molecule has 0 saturated carbocycles. The first-order valence-electron chi connectivity index (χ1n) is 6.60. The summed E-state index contributed by atoms with van der Waals surface area (Å²) in [4.78, 5) is 10.9. The van der Waals surface area contributed by atoms with Crippen molar-refractivity contribution >= 4 is 33.6 Å². The lowest BCUT2D eigenvalue weighted by molar-refractivity contribution is -0.109. The SMILES string of the molecule is CCCC[S+]([O-])N[C@@](CF)(CC=O)c1cc(Br)ccc1F. The van der Waals surface area contributed by atoms with Gasteiger partial charge >= 0.3 is 0 Å². The molecule has 1 aromatic rings. The van der Waals surface area contributed by atoms with Gasteiger partial charge < -0.3 is 9.35 Å². The van der Waals surface area contributed by atoms with Crippen LogP contribution in [0.25, 0.3) is 0 Å². The van der Waals surface area contributed by atoms with Gasteiger partial charge in [0, 0.05) is 27.8 Å². The van der Waals surface area contributed by atoms with Crippen LogP contribution >= 0.6 is 15.9 Å². The summed E-state index contributed by atoms with van der Waals surface area (Å²) < 4.78 is 42.8. The predicted octanol–water partition coefficient (Wildman–Crippen LogP) is 3.40. The Morgan fingerprint density at radius 2 is 2.24 bits per heavy atom. The Morgan fingerprint density at radius 3 is 2.81 bits per heavy atom. The molecule has 0 heterocycles. The van der Waals surface area contributed by atoms with Gasteiger partial charge in [0.1, 0.15) is 30.1 Å². The summed E-state index contributed by atoms with van der Waals surface area (Å²) in [6, 6.07) is 4.07. The van der Waals surface area contributed by atoms with Gasteiger partial charge in [-0.3, -0.25) is 0 Å². The maximum Gasteiger partial charge on any atom is 0.128 e. The molecule has 0 spiro atoms. The Labute approximate surface area is 134 Å². The minimum absolute atomic E-state index is 0.00340. The molecule has 1 unspecified atom stereocenters. The van der Waals surface area contributed by atoms with Gasteiger partial charge in [-0.15, -0.1) is 4.72 Å². The van der Waals surface area contributed by atoms with Crippen molar-refractivity contribution in [1.82, 2.24) is 4.72 Å². The van der Waals surface area contributed by atoms with Gasteiger partial charge in [0.05, 0.1) is 0 Å². The predicted molar refractivity (Wildman–Crippen MR) is 83.5 cm³/mol. The van der Waals surface area contributed by atoms with Crippen molar-refractivity contribution in [2.45, 2.75) is 31.7 Å². The van der Waals surface area contributed by atoms with Crippen LogP contribution in [-0.4, -0.2) is 23.3 Å². The Bertz CT molecular complexity index is 478. The van der Waals surface area contributed by atoms with Crippen LogP contribution in [0.3, 0.4) is 0 Å². The smallest absolute Gasteiger partial charge is 0.128 e. The average molecular weight is 382 g/mol. The first kappa shape index (κ1) is 18.5. The molecule has 0 radical (unpaired) electrons. The molecular formula is C14H18BrF2NO2S. The highest BCUT2D eigenvalue weighted by molar-refractivity contribution is 9.10. The summed E-state index contributed by atoms with van der Waals surface area (Å²) in [7, 11) is 0. The van der Waals surface area contributed by atoms with Crippen LogP contribution in [0.2, 0.25) is 0 Å². The van der Waals surface area contributed by atoms with E-state index in [9.17, 15) is 18.1 Å². The van der Waals surface area contributed by atoms with Crippen LogP contribution in [0.4, 0.5) is 8.78 Å². The van der Waals surface area contributed by atoms with E-state index in [4.69, 9.17) is 0 Å². The summed E-state index contributed by atoms with van der Waals surface area (Å²) in [5, 5.41) is 0. The van der Waals surface area contributed by atoms with Crippen molar-refractivity contribution in [3.05, 3.63) is 34.1 Å². The lowest BCUT2D eigenvalue weighted by Crippen LogP contribution is -2.49. The molecule has 1 aromatic carbocycles. The fourth-order valence-electron chi connectivity index (χ4n) is 1.91. The van der Waals surface area contributed by atoms with E-state index < -0.39 is 29.4 Å². The summed E-state index contributed by atoms with van der Waals surface area (Å²) in [5.74, 6) is -0.315. The lowest BCUT2D eigenvalue weighted by atomic mass is 9.89. The standard InChI is InChI=1S/C14H18BrF2NO2S/c1-2-3-8-21(20)18-14(10-16,6-7-19)12-9-11(15)4-5-13(12)17/h4-5,7,9,18H,2-3,6,8,10H2,1H3/t14-,21?/m1/s1. The van der Waals surface area contributed by atoms with E-state index in [0.717, 1.165) is 6.42 Å². The average Bonchev–Trinajstić information content (AvgIpc) is 2.47. The molecule has 0 fully saturated rings. The van der Waals surface area contributed by atoms with Gasteiger partial charge in [-0.1, -0.05) is 29.3 Å². The van der Waals surface area contributed by atoms with Crippen molar-refractivity contribution in [1.29, 1.82) is 0 Å². The molecule has 3 nitrogen and oxygen atoms in total. The first-order valence-corrected chi connectivity index (χ1v) is 8.71. The maximum atomic E-state index is 14.0. The van der Waals surface area contributed by atoms with Crippen LogP contribution in [0.5, 0.6) is 0 Å². The largest absolute Gasteiger partial charge is 0.598 e. The molecule has 118 valence electrons. The van der Waals surface area contributed by atoms with E-state index in [1.54, 1.807) is 0 Å². The Kier molecular flexibility index (Phi) is 7.79. The van der Waals surface area contributed by atoms with Gasteiger partial charge in [0.2, 0.25) is 0 Å². The minimum atomic E-state index is -1.60. The number of nitrogens with one attached hydrogen (secondary N) is 1. The minimum Gasteiger partial charge on any atom is -0.598 e. The monoisotopic (exact) mass is 381 g/mol. The molecule has 7 heteroatoms. The topological polar surface area (TPSA) is 52.2 Å². The quantitative estimate of drug-likeness (QED) is 0.526. The van der Waals surface area contributed by atoms with Crippen LogP contribution < -0.4 is 4.72 Å². The van der Waals surface area contributed by atoms with Crippen molar-refractivity contribution in [3.8, 4) is 0 Å². The Morgan fingerprint density at radius 1 is 1.52 bits per heavy atom. The Balaban J connectivity index is 3.12. The number of carbonyl (C=O) groups is 1. The zero-order chi connectivity index (χ0) is 15.9. The van der Waals surface area contributed by atoms with Crippen LogP contribution in [-0.2, 0) is 21.7 Å².